The summed E-state index contributed by atoms with van der Waals surface area (Å²) in [7, 11) is 0. The fraction of sp³-hybridized carbons (Fsp3) is 0.889. The van der Waals surface area contributed by atoms with Crippen molar-refractivity contribution in [3.8, 4) is 0 Å². The highest BCUT2D eigenvalue weighted by molar-refractivity contribution is 5.73. The van der Waals surface area contributed by atoms with Crippen molar-refractivity contribution in [1.29, 1.82) is 0 Å². The molecule has 3 heteroatoms. The Labute approximate surface area is 73.9 Å². The van der Waals surface area contributed by atoms with Crippen molar-refractivity contribution < 1.29 is 4.79 Å². The van der Waals surface area contributed by atoms with Crippen LogP contribution in [0.3, 0.4) is 0 Å². The number of amides is 1. The number of nitrogens with one attached hydrogen (secondary N) is 2. The second-order valence-electron chi connectivity index (χ2n) is 3.89. The first-order valence-corrected chi connectivity index (χ1v) is 4.60. The van der Waals surface area contributed by atoms with E-state index < -0.39 is 0 Å². The maximum atomic E-state index is 10.7. The second kappa shape index (κ2) is 3.90. The molecule has 0 aliphatic carbocycles. The Morgan fingerprint density at radius 3 is 2.67 bits per heavy atom. The van der Waals surface area contributed by atoms with Crippen LogP contribution in [0.4, 0.5) is 0 Å². The second-order valence-corrected chi connectivity index (χ2v) is 3.89. The summed E-state index contributed by atoms with van der Waals surface area (Å²) in [6.45, 7) is 6.90. The molecule has 2 N–H and O–H groups in total. The summed E-state index contributed by atoms with van der Waals surface area (Å²) in [5.74, 6) is 0.731. The van der Waals surface area contributed by atoms with E-state index in [2.05, 4.69) is 24.5 Å². The Hall–Kier alpha value is -0.570. The van der Waals surface area contributed by atoms with E-state index in [1.165, 1.54) is 0 Å². The van der Waals surface area contributed by atoms with E-state index in [4.69, 9.17) is 0 Å². The molecule has 0 spiro atoms. The van der Waals surface area contributed by atoms with Crippen LogP contribution in [-0.4, -0.2) is 24.5 Å². The molecule has 1 rings (SSSR count). The van der Waals surface area contributed by atoms with Gasteiger partial charge in [-0.05, 0) is 12.3 Å². The van der Waals surface area contributed by atoms with Gasteiger partial charge in [0.05, 0.1) is 0 Å². The van der Waals surface area contributed by atoms with Crippen LogP contribution in [0.25, 0.3) is 0 Å². The lowest BCUT2D eigenvalue weighted by molar-refractivity contribution is -0.119. The average Bonchev–Trinajstić information content (AvgIpc) is 2.34. The number of carbonyl (C=O) groups is 1. The van der Waals surface area contributed by atoms with Crippen molar-refractivity contribution in [3.63, 3.8) is 0 Å². The lowest BCUT2D eigenvalue weighted by Gasteiger charge is -2.14. The SMILES string of the molecule is CC(=O)N[C@H]1CN[C@H](C(C)C)C1. The highest BCUT2D eigenvalue weighted by Gasteiger charge is 2.26. The van der Waals surface area contributed by atoms with Gasteiger partial charge in [-0.15, -0.1) is 0 Å². The molecule has 70 valence electrons. The van der Waals surface area contributed by atoms with E-state index in [1.807, 2.05) is 0 Å². The predicted octanol–water partition coefficient (Wildman–Crippen LogP) is 0.509. The molecule has 1 amide bonds. The van der Waals surface area contributed by atoms with Gasteiger partial charge in [0.25, 0.3) is 0 Å². The van der Waals surface area contributed by atoms with Crippen LogP contribution in [0, 0.1) is 5.92 Å². The van der Waals surface area contributed by atoms with Gasteiger partial charge in [-0.2, -0.15) is 0 Å². The molecular weight excluding hydrogens is 152 g/mol. The third-order valence-corrected chi connectivity index (χ3v) is 2.38. The molecule has 0 unspecified atom stereocenters. The standard InChI is InChI=1S/C9H18N2O/c1-6(2)9-4-8(5-10-9)11-7(3)12/h6,8-10H,4-5H2,1-3H3,(H,11,12)/t8-,9+/m1/s1. The van der Waals surface area contributed by atoms with E-state index in [9.17, 15) is 4.79 Å². The molecule has 1 aliphatic rings. The average molecular weight is 170 g/mol. The van der Waals surface area contributed by atoms with Gasteiger partial charge in [-0.1, -0.05) is 13.8 Å². The Balaban J connectivity index is 2.30. The van der Waals surface area contributed by atoms with Crippen molar-refractivity contribution in [1.82, 2.24) is 10.6 Å². The van der Waals surface area contributed by atoms with Crippen molar-refractivity contribution >= 4 is 5.91 Å². The largest absolute Gasteiger partial charge is 0.352 e. The van der Waals surface area contributed by atoms with Crippen molar-refractivity contribution in [2.45, 2.75) is 39.3 Å². The molecule has 0 radical (unpaired) electrons. The maximum absolute atomic E-state index is 10.7. The molecule has 1 fully saturated rings. The van der Waals surface area contributed by atoms with Crippen LogP contribution in [0.2, 0.25) is 0 Å². The molecular formula is C9H18N2O. The lowest BCUT2D eigenvalue weighted by atomic mass is 10.0. The van der Waals surface area contributed by atoms with E-state index in [0.717, 1.165) is 13.0 Å². The van der Waals surface area contributed by atoms with Crippen molar-refractivity contribution in [3.05, 3.63) is 0 Å². The van der Waals surface area contributed by atoms with Crippen LogP contribution >= 0.6 is 0 Å². The molecule has 1 aliphatic heterocycles. The Kier molecular flexibility index (Phi) is 3.09. The van der Waals surface area contributed by atoms with Crippen molar-refractivity contribution in [2.75, 3.05) is 6.54 Å². The number of hydrogen-bond acceptors (Lipinski definition) is 2. The van der Waals surface area contributed by atoms with E-state index in [0.29, 0.717) is 18.0 Å². The number of rotatable bonds is 2. The summed E-state index contributed by atoms with van der Waals surface area (Å²) < 4.78 is 0. The first-order chi connectivity index (χ1) is 5.59. The van der Waals surface area contributed by atoms with Gasteiger partial charge in [-0.25, -0.2) is 0 Å². The zero-order valence-electron chi connectivity index (χ0n) is 8.05. The summed E-state index contributed by atoms with van der Waals surface area (Å²) >= 11 is 0. The van der Waals surface area contributed by atoms with Gasteiger partial charge < -0.3 is 10.6 Å². The predicted molar refractivity (Wildman–Crippen MR) is 48.9 cm³/mol. The molecule has 0 aromatic rings. The molecule has 3 nitrogen and oxygen atoms in total. The summed E-state index contributed by atoms with van der Waals surface area (Å²) in [6.07, 6.45) is 1.07. The summed E-state index contributed by atoms with van der Waals surface area (Å²) in [5.41, 5.74) is 0. The van der Waals surface area contributed by atoms with Gasteiger partial charge in [-0.3, -0.25) is 4.79 Å². The Morgan fingerprint density at radius 2 is 2.25 bits per heavy atom. The van der Waals surface area contributed by atoms with Crippen LogP contribution < -0.4 is 10.6 Å². The molecule has 2 atom stereocenters. The van der Waals surface area contributed by atoms with Crippen LogP contribution in [0.1, 0.15) is 27.2 Å². The molecule has 0 aromatic heterocycles. The highest BCUT2D eigenvalue weighted by Crippen LogP contribution is 2.14. The van der Waals surface area contributed by atoms with Crippen LogP contribution in [-0.2, 0) is 4.79 Å². The van der Waals surface area contributed by atoms with Gasteiger partial charge in [0.2, 0.25) is 5.91 Å². The first-order valence-electron chi connectivity index (χ1n) is 4.60. The van der Waals surface area contributed by atoms with Gasteiger partial charge in [0.15, 0.2) is 0 Å². The minimum absolute atomic E-state index is 0.0752. The summed E-state index contributed by atoms with van der Waals surface area (Å²) in [6, 6.07) is 0.914. The Morgan fingerprint density at radius 1 is 1.58 bits per heavy atom. The number of hydrogen-bond donors (Lipinski definition) is 2. The molecule has 0 bridgehead atoms. The fourth-order valence-corrected chi connectivity index (χ4v) is 1.67. The monoisotopic (exact) mass is 170 g/mol. The summed E-state index contributed by atoms with van der Waals surface area (Å²) in [5, 5.41) is 6.32. The van der Waals surface area contributed by atoms with E-state index in [1.54, 1.807) is 6.92 Å². The molecule has 1 heterocycles. The minimum Gasteiger partial charge on any atom is -0.352 e. The van der Waals surface area contributed by atoms with Crippen LogP contribution in [0.15, 0.2) is 0 Å². The quantitative estimate of drug-likeness (QED) is 0.634. The van der Waals surface area contributed by atoms with Crippen molar-refractivity contribution in [2.24, 2.45) is 5.92 Å². The zero-order valence-corrected chi connectivity index (χ0v) is 8.05. The lowest BCUT2D eigenvalue weighted by Crippen LogP contribution is -2.34. The van der Waals surface area contributed by atoms with Gasteiger partial charge >= 0.3 is 0 Å². The molecule has 12 heavy (non-hydrogen) atoms. The maximum Gasteiger partial charge on any atom is 0.217 e. The third-order valence-electron chi connectivity index (χ3n) is 2.38. The molecule has 0 saturated carbocycles. The highest BCUT2D eigenvalue weighted by atomic mass is 16.1. The third kappa shape index (κ3) is 2.48. The molecule has 1 saturated heterocycles. The normalized spacial score (nSPS) is 29.3. The zero-order chi connectivity index (χ0) is 9.14. The Bertz CT molecular complexity index is 168. The topological polar surface area (TPSA) is 41.1 Å². The minimum atomic E-state index is 0.0752. The van der Waals surface area contributed by atoms with Crippen LogP contribution in [0.5, 0.6) is 0 Å². The smallest absolute Gasteiger partial charge is 0.217 e. The van der Waals surface area contributed by atoms with E-state index >= 15 is 0 Å². The van der Waals surface area contributed by atoms with Gasteiger partial charge in [0, 0.05) is 25.6 Å². The molecule has 0 aromatic carbocycles. The summed E-state index contributed by atoms with van der Waals surface area (Å²) in [4.78, 5) is 10.7. The first kappa shape index (κ1) is 9.52. The van der Waals surface area contributed by atoms with Gasteiger partial charge in [0.1, 0.15) is 0 Å². The fourth-order valence-electron chi connectivity index (χ4n) is 1.67. The van der Waals surface area contributed by atoms with E-state index in [-0.39, 0.29) is 5.91 Å². The number of carbonyl (C=O) groups excluding carboxylic acids is 1.